The second-order valence-electron chi connectivity index (χ2n) is 4.67. The van der Waals surface area contributed by atoms with Crippen LogP contribution in [-0.4, -0.2) is 21.0 Å². The summed E-state index contributed by atoms with van der Waals surface area (Å²) in [5, 5.41) is 12.6. The molecule has 0 bridgehead atoms. The number of halogens is 1. The Kier molecular flexibility index (Phi) is 3.06. The van der Waals surface area contributed by atoms with Crippen molar-refractivity contribution in [2.45, 2.75) is 32.4 Å². The molecule has 1 heterocycles. The van der Waals surface area contributed by atoms with Gasteiger partial charge in [0.05, 0.1) is 17.1 Å². The van der Waals surface area contributed by atoms with Gasteiger partial charge in [-0.2, -0.15) is 0 Å². The highest BCUT2D eigenvalue weighted by Gasteiger charge is 2.21. The molecule has 4 nitrogen and oxygen atoms in total. The van der Waals surface area contributed by atoms with Crippen LogP contribution < -0.4 is 5.32 Å². The van der Waals surface area contributed by atoms with Crippen LogP contribution in [0.4, 0.5) is 0 Å². The highest BCUT2D eigenvalue weighted by atomic mass is 35.5. The molecular weight excluding hydrogens is 248 g/mol. The fourth-order valence-electron chi connectivity index (χ4n) is 1.91. The van der Waals surface area contributed by atoms with Crippen LogP contribution in [0.2, 0.25) is 5.02 Å². The lowest BCUT2D eigenvalue weighted by atomic mass is 10.3. The summed E-state index contributed by atoms with van der Waals surface area (Å²) in [6, 6.07) is 8.32. The van der Waals surface area contributed by atoms with Gasteiger partial charge in [-0.15, -0.1) is 5.10 Å². The van der Waals surface area contributed by atoms with Crippen molar-refractivity contribution in [3.63, 3.8) is 0 Å². The van der Waals surface area contributed by atoms with E-state index >= 15 is 0 Å². The van der Waals surface area contributed by atoms with Gasteiger partial charge in [0.2, 0.25) is 0 Å². The Balaban J connectivity index is 1.83. The quantitative estimate of drug-likeness (QED) is 0.921. The summed E-state index contributed by atoms with van der Waals surface area (Å²) in [6.07, 6.45) is 2.56. The first-order valence-corrected chi connectivity index (χ1v) is 6.52. The normalized spacial score (nSPS) is 15.0. The van der Waals surface area contributed by atoms with Gasteiger partial charge in [0.1, 0.15) is 0 Å². The molecular formula is C13H15ClN4. The van der Waals surface area contributed by atoms with Gasteiger partial charge in [0, 0.05) is 17.6 Å². The summed E-state index contributed by atoms with van der Waals surface area (Å²) < 4.78 is 1.83. The molecule has 18 heavy (non-hydrogen) atoms. The molecule has 1 fully saturated rings. The first kappa shape index (κ1) is 11.7. The third kappa shape index (κ3) is 2.40. The Morgan fingerprint density at radius 3 is 3.00 bits per heavy atom. The number of hydrogen-bond acceptors (Lipinski definition) is 3. The van der Waals surface area contributed by atoms with Crippen LogP contribution in [0.25, 0.3) is 5.69 Å². The summed E-state index contributed by atoms with van der Waals surface area (Å²) in [6.45, 7) is 2.82. The van der Waals surface area contributed by atoms with E-state index < -0.39 is 0 Å². The molecule has 0 spiro atoms. The fraction of sp³-hybridized carbons (Fsp3) is 0.385. The topological polar surface area (TPSA) is 42.7 Å². The summed E-state index contributed by atoms with van der Waals surface area (Å²) >= 11 is 5.99. The maximum Gasteiger partial charge on any atom is 0.0998 e. The van der Waals surface area contributed by atoms with Gasteiger partial charge in [-0.05, 0) is 38.0 Å². The second kappa shape index (κ2) is 4.71. The first-order valence-electron chi connectivity index (χ1n) is 6.14. The molecule has 1 aliphatic carbocycles. The van der Waals surface area contributed by atoms with E-state index in [0.717, 1.165) is 23.6 Å². The van der Waals surface area contributed by atoms with Crippen molar-refractivity contribution in [1.82, 2.24) is 20.3 Å². The lowest BCUT2D eigenvalue weighted by Crippen LogP contribution is -2.16. The molecule has 1 saturated carbocycles. The van der Waals surface area contributed by atoms with Crippen LogP contribution >= 0.6 is 11.6 Å². The molecule has 94 valence electrons. The Hall–Kier alpha value is -1.39. The Bertz CT molecular complexity index is 560. The molecule has 0 amide bonds. The molecule has 0 unspecified atom stereocenters. The van der Waals surface area contributed by atoms with E-state index in [-0.39, 0.29) is 0 Å². The molecule has 1 aromatic heterocycles. The van der Waals surface area contributed by atoms with Gasteiger partial charge >= 0.3 is 0 Å². The second-order valence-corrected chi connectivity index (χ2v) is 5.10. The van der Waals surface area contributed by atoms with Crippen molar-refractivity contribution in [3.05, 3.63) is 40.7 Å². The smallest absolute Gasteiger partial charge is 0.0998 e. The monoisotopic (exact) mass is 262 g/mol. The molecule has 0 atom stereocenters. The predicted molar refractivity (Wildman–Crippen MR) is 71.0 cm³/mol. The molecule has 3 rings (SSSR count). The number of rotatable bonds is 4. The van der Waals surface area contributed by atoms with Crippen LogP contribution in [0.15, 0.2) is 24.3 Å². The number of nitrogens with zero attached hydrogens (tertiary/aromatic N) is 3. The number of hydrogen-bond donors (Lipinski definition) is 1. The van der Waals surface area contributed by atoms with E-state index in [2.05, 4.69) is 15.6 Å². The zero-order chi connectivity index (χ0) is 12.5. The molecule has 2 aromatic rings. The van der Waals surface area contributed by atoms with Crippen LogP contribution in [0.3, 0.4) is 0 Å². The number of aromatic nitrogens is 3. The van der Waals surface area contributed by atoms with Gasteiger partial charge in [0.15, 0.2) is 0 Å². The van der Waals surface area contributed by atoms with Crippen molar-refractivity contribution >= 4 is 11.6 Å². The molecule has 1 aliphatic rings. The fourth-order valence-corrected chi connectivity index (χ4v) is 2.09. The maximum absolute atomic E-state index is 5.99. The SMILES string of the molecule is Cc1c(CNC2CC2)nnn1-c1cccc(Cl)c1. The van der Waals surface area contributed by atoms with Crippen LogP contribution in [-0.2, 0) is 6.54 Å². The van der Waals surface area contributed by atoms with Crippen LogP contribution in [0, 0.1) is 6.92 Å². The Morgan fingerprint density at radius 1 is 1.44 bits per heavy atom. The van der Waals surface area contributed by atoms with Crippen molar-refractivity contribution < 1.29 is 0 Å². The van der Waals surface area contributed by atoms with Crippen LogP contribution in [0.1, 0.15) is 24.2 Å². The lowest BCUT2D eigenvalue weighted by Gasteiger charge is -2.04. The number of benzene rings is 1. The average molecular weight is 263 g/mol. The van der Waals surface area contributed by atoms with Crippen LogP contribution in [0.5, 0.6) is 0 Å². The first-order chi connectivity index (χ1) is 8.74. The van der Waals surface area contributed by atoms with Crippen molar-refractivity contribution in [2.24, 2.45) is 0 Å². The minimum Gasteiger partial charge on any atom is -0.308 e. The highest BCUT2D eigenvalue weighted by Crippen LogP contribution is 2.20. The molecule has 0 radical (unpaired) electrons. The van der Waals surface area contributed by atoms with Gasteiger partial charge in [-0.3, -0.25) is 0 Å². The summed E-state index contributed by atoms with van der Waals surface area (Å²) in [7, 11) is 0. The van der Waals surface area contributed by atoms with Gasteiger partial charge in [-0.1, -0.05) is 22.9 Å². The van der Waals surface area contributed by atoms with E-state index in [1.165, 1.54) is 12.8 Å². The predicted octanol–water partition coefficient (Wildman–Crippen LogP) is 2.48. The largest absolute Gasteiger partial charge is 0.308 e. The van der Waals surface area contributed by atoms with Crippen molar-refractivity contribution in [3.8, 4) is 5.69 Å². The number of nitrogens with one attached hydrogen (secondary N) is 1. The van der Waals surface area contributed by atoms with Gasteiger partial charge < -0.3 is 5.32 Å². The lowest BCUT2D eigenvalue weighted by molar-refractivity contribution is 0.669. The maximum atomic E-state index is 5.99. The molecule has 5 heteroatoms. The minimum atomic E-state index is 0.681. The Morgan fingerprint density at radius 2 is 2.28 bits per heavy atom. The Labute approximate surface area is 111 Å². The van der Waals surface area contributed by atoms with Gasteiger partial charge in [-0.25, -0.2) is 4.68 Å². The van der Waals surface area contributed by atoms with Crippen molar-refractivity contribution in [2.75, 3.05) is 0 Å². The third-order valence-electron chi connectivity index (χ3n) is 3.18. The van der Waals surface area contributed by atoms with Gasteiger partial charge in [0.25, 0.3) is 0 Å². The average Bonchev–Trinajstić information content (AvgIpc) is 3.11. The third-order valence-corrected chi connectivity index (χ3v) is 3.41. The highest BCUT2D eigenvalue weighted by molar-refractivity contribution is 6.30. The van der Waals surface area contributed by atoms with E-state index in [1.807, 2.05) is 35.9 Å². The van der Waals surface area contributed by atoms with E-state index in [9.17, 15) is 0 Å². The molecule has 0 aliphatic heterocycles. The molecule has 1 N–H and O–H groups in total. The summed E-state index contributed by atoms with van der Waals surface area (Å²) in [5.74, 6) is 0. The standard InChI is InChI=1S/C13H15ClN4/c1-9-13(8-15-11-5-6-11)16-17-18(9)12-4-2-3-10(14)7-12/h2-4,7,11,15H,5-6,8H2,1H3. The molecule has 1 aromatic carbocycles. The molecule has 0 saturated heterocycles. The van der Waals surface area contributed by atoms with Crippen molar-refractivity contribution in [1.29, 1.82) is 0 Å². The van der Waals surface area contributed by atoms with E-state index in [4.69, 9.17) is 11.6 Å². The van der Waals surface area contributed by atoms with E-state index in [1.54, 1.807) is 0 Å². The van der Waals surface area contributed by atoms with E-state index in [0.29, 0.717) is 11.1 Å². The summed E-state index contributed by atoms with van der Waals surface area (Å²) in [5.41, 5.74) is 3.01. The zero-order valence-electron chi connectivity index (χ0n) is 10.2. The summed E-state index contributed by atoms with van der Waals surface area (Å²) in [4.78, 5) is 0. The zero-order valence-corrected chi connectivity index (χ0v) is 11.0. The minimum absolute atomic E-state index is 0.681.